The Bertz CT molecular complexity index is 805. The Labute approximate surface area is 128 Å². The highest BCUT2D eigenvalue weighted by Gasteiger charge is 2.04. The van der Waals surface area contributed by atoms with Gasteiger partial charge in [0.25, 0.3) is 0 Å². The number of hydrogen-bond acceptors (Lipinski definition) is 2. The molecule has 2 amide bonds. The number of hydrogen-bond donors (Lipinski definition) is 3. The molecule has 0 bridgehead atoms. The summed E-state index contributed by atoms with van der Waals surface area (Å²) in [6.07, 6.45) is 1.99. The van der Waals surface area contributed by atoms with Crippen molar-refractivity contribution in [3.8, 4) is 0 Å². The maximum absolute atomic E-state index is 12.0. The van der Waals surface area contributed by atoms with Gasteiger partial charge in [-0.1, -0.05) is 12.1 Å². The summed E-state index contributed by atoms with van der Waals surface area (Å²) in [6, 6.07) is 15.0. The monoisotopic (exact) mass is 294 g/mol. The number of amides is 2. The highest BCUT2D eigenvalue weighted by atomic mass is 16.2. The van der Waals surface area contributed by atoms with Crippen molar-refractivity contribution in [3.05, 3.63) is 60.3 Å². The van der Waals surface area contributed by atoms with Crippen molar-refractivity contribution in [2.75, 3.05) is 10.6 Å². The van der Waals surface area contributed by atoms with Gasteiger partial charge in [0.15, 0.2) is 0 Å². The van der Waals surface area contributed by atoms with E-state index >= 15 is 0 Å². The lowest BCUT2D eigenvalue weighted by Crippen LogP contribution is -2.19. The number of rotatable bonds is 3. The van der Waals surface area contributed by atoms with Crippen LogP contribution in [0.2, 0.25) is 0 Å². The predicted molar refractivity (Wildman–Crippen MR) is 89.9 cm³/mol. The van der Waals surface area contributed by atoms with Gasteiger partial charge in [-0.15, -0.1) is 0 Å². The second kappa shape index (κ2) is 5.91. The smallest absolute Gasteiger partial charge is 0.323 e. The van der Waals surface area contributed by atoms with Crippen molar-refractivity contribution in [3.63, 3.8) is 0 Å². The molecule has 0 atom stereocenters. The van der Waals surface area contributed by atoms with Crippen LogP contribution in [-0.4, -0.2) is 10.6 Å². The number of anilines is 2. The number of nitrogens with one attached hydrogen (secondary N) is 2. The zero-order valence-electron chi connectivity index (χ0n) is 12.3. The number of benzene rings is 2. The van der Waals surface area contributed by atoms with Crippen LogP contribution in [0.1, 0.15) is 5.56 Å². The Morgan fingerprint density at radius 2 is 1.73 bits per heavy atom. The molecule has 22 heavy (non-hydrogen) atoms. The Hall–Kier alpha value is -2.79. The van der Waals surface area contributed by atoms with Crippen LogP contribution >= 0.6 is 0 Å². The summed E-state index contributed by atoms with van der Waals surface area (Å²) in [5.74, 6) is 0. The molecule has 0 saturated heterocycles. The second-order valence-corrected chi connectivity index (χ2v) is 5.18. The van der Waals surface area contributed by atoms with Crippen LogP contribution in [0.3, 0.4) is 0 Å². The maximum Gasteiger partial charge on any atom is 0.323 e. The average Bonchev–Trinajstić information content (AvgIpc) is 2.89. The highest BCUT2D eigenvalue weighted by molar-refractivity contribution is 6.01. The van der Waals surface area contributed by atoms with Crippen LogP contribution in [-0.2, 0) is 13.6 Å². The van der Waals surface area contributed by atoms with E-state index in [1.165, 1.54) is 0 Å². The van der Waals surface area contributed by atoms with Gasteiger partial charge in [0.05, 0.1) is 0 Å². The van der Waals surface area contributed by atoms with E-state index < -0.39 is 0 Å². The normalized spacial score (nSPS) is 10.6. The number of aromatic nitrogens is 1. The van der Waals surface area contributed by atoms with Gasteiger partial charge in [-0.05, 0) is 42.0 Å². The van der Waals surface area contributed by atoms with Gasteiger partial charge in [-0.2, -0.15) is 0 Å². The first-order valence-corrected chi connectivity index (χ1v) is 7.08. The molecule has 1 aromatic heterocycles. The molecule has 5 heteroatoms. The van der Waals surface area contributed by atoms with Crippen LogP contribution in [0.5, 0.6) is 0 Å². The number of aryl methyl sites for hydroxylation is 1. The van der Waals surface area contributed by atoms with Crippen molar-refractivity contribution in [1.82, 2.24) is 4.57 Å². The predicted octanol–water partition coefficient (Wildman–Crippen LogP) is 3.28. The van der Waals surface area contributed by atoms with E-state index in [2.05, 4.69) is 10.6 Å². The Morgan fingerprint density at radius 1 is 1.05 bits per heavy atom. The summed E-state index contributed by atoms with van der Waals surface area (Å²) in [5, 5.41) is 6.73. The second-order valence-electron chi connectivity index (χ2n) is 5.18. The van der Waals surface area contributed by atoms with Gasteiger partial charge in [-0.3, -0.25) is 0 Å². The van der Waals surface area contributed by atoms with Gasteiger partial charge in [0.1, 0.15) is 0 Å². The van der Waals surface area contributed by atoms with Crippen LogP contribution in [0.15, 0.2) is 54.7 Å². The number of carbonyl (C=O) groups is 1. The standard InChI is InChI=1S/C17H18N4O/c1-21-9-8-13-10-15(6-7-16(13)21)20-17(22)19-14-4-2-12(11-18)3-5-14/h2-10H,11,18H2,1H3,(H2,19,20,22). The van der Waals surface area contributed by atoms with Gasteiger partial charge >= 0.3 is 6.03 Å². The fraction of sp³-hybridized carbons (Fsp3) is 0.118. The van der Waals surface area contributed by atoms with Crippen LogP contribution in [0.25, 0.3) is 10.9 Å². The van der Waals surface area contributed by atoms with Crippen molar-refractivity contribution in [1.29, 1.82) is 0 Å². The minimum Gasteiger partial charge on any atom is -0.351 e. The van der Waals surface area contributed by atoms with E-state index in [4.69, 9.17) is 5.73 Å². The number of nitrogens with zero attached hydrogens (tertiary/aromatic N) is 1. The third-order valence-electron chi connectivity index (χ3n) is 3.59. The van der Waals surface area contributed by atoms with Gasteiger partial charge in [0, 0.05) is 42.1 Å². The topological polar surface area (TPSA) is 72.1 Å². The molecule has 5 nitrogen and oxygen atoms in total. The molecule has 112 valence electrons. The van der Waals surface area contributed by atoms with Gasteiger partial charge in [0.2, 0.25) is 0 Å². The van der Waals surface area contributed by atoms with E-state index in [0.717, 1.165) is 27.8 Å². The Kier molecular flexibility index (Phi) is 3.80. The summed E-state index contributed by atoms with van der Waals surface area (Å²) < 4.78 is 2.04. The summed E-state index contributed by atoms with van der Waals surface area (Å²) >= 11 is 0. The lowest BCUT2D eigenvalue weighted by atomic mass is 10.2. The molecule has 0 unspecified atom stereocenters. The summed E-state index contributed by atoms with van der Waals surface area (Å²) in [6.45, 7) is 0.490. The number of nitrogens with two attached hydrogens (primary N) is 1. The van der Waals surface area contributed by atoms with Crippen molar-refractivity contribution in [2.45, 2.75) is 6.54 Å². The molecular formula is C17H18N4O. The summed E-state index contributed by atoms with van der Waals surface area (Å²) in [4.78, 5) is 12.0. The third kappa shape index (κ3) is 2.94. The van der Waals surface area contributed by atoms with Crippen LogP contribution in [0.4, 0.5) is 16.2 Å². The Balaban J connectivity index is 1.69. The highest BCUT2D eigenvalue weighted by Crippen LogP contribution is 2.20. The average molecular weight is 294 g/mol. The first-order chi connectivity index (χ1) is 10.7. The van der Waals surface area contributed by atoms with Crippen molar-refractivity contribution >= 4 is 28.3 Å². The number of fused-ring (bicyclic) bond motifs is 1. The zero-order chi connectivity index (χ0) is 15.5. The summed E-state index contributed by atoms with van der Waals surface area (Å²) in [5.41, 5.74) is 9.20. The van der Waals surface area contributed by atoms with E-state index in [0.29, 0.717) is 6.54 Å². The molecule has 0 spiro atoms. The van der Waals surface area contributed by atoms with Crippen LogP contribution < -0.4 is 16.4 Å². The first kappa shape index (κ1) is 14.2. The SMILES string of the molecule is Cn1ccc2cc(NC(=O)Nc3ccc(CN)cc3)ccc21. The minimum absolute atomic E-state index is 0.268. The van der Waals surface area contributed by atoms with Crippen molar-refractivity contribution in [2.24, 2.45) is 12.8 Å². The Morgan fingerprint density at radius 3 is 2.45 bits per heavy atom. The molecule has 0 aliphatic heterocycles. The largest absolute Gasteiger partial charge is 0.351 e. The first-order valence-electron chi connectivity index (χ1n) is 7.08. The molecular weight excluding hydrogens is 276 g/mol. The molecule has 0 saturated carbocycles. The minimum atomic E-state index is -0.268. The lowest BCUT2D eigenvalue weighted by Gasteiger charge is -2.08. The van der Waals surface area contributed by atoms with Gasteiger partial charge in [-0.25, -0.2) is 4.79 Å². The fourth-order valence-corrected chi connectivity index (χ4v) is 2.38. The lowest BCUT2D eigenvalue weighted by molar-refractivity contribution is 0.262. The molecule has 0 aliphatic rings. The maximum atomic E-state index is 12.0. The quantitative estimate of drug-likeness (QED) is 0.693. The zero-order valence-corrected chi connectivity index (χ0v) is 12.3. The molecule has 1 heterocycles. The van der Waals surface area contributed by atoms with Crippen LogP contribution in [0, 0.1) is 0 Å². The van der Waals surface area contributed by atoms with E-state index in [9.17, 15) is 4.79 Å². The third-order valence-corrected chi connectivity index (χ3v) is 3.59. The number of carbonyl (C=O) groups excluding carboxylic acids is 1. The van der Waals surface area contributed by atoms with E-state index in [-0.39, 0.29) is 6.03 Å². The molecule has 3 rings (SSSR count). The molecule has 4 N–H and O–H groups in total. The fourth-order valence-electron chi connectivity index (χ4n) is 2.38. The number of urea groups is 1. The molecule has 0 fully saturated rings. The van der Waals surface area contributed by atoms with Crippen molar-refractivity contribution < 1.29 is 4.79 Å². The molecule has 0 aliphatic carbocycles. The van der Waals surface area contributed by atoms with Gasteiger partial charge < -0.3 is 20.9 Å². The summed E-state index contributed by atoms with van der Waals surface area (Å²) in [7, 11) is 1.99. The molecule has 3 aromatic rings. The van der Waals surface area contributed by atoms with E-state index in [1.807, 2.05) is 66.3 Å². The molecule has 2 aromatic carbocycles. The molecule has 0 radical (unpaired) electrons. The van der Waals surface area contributed by atoms with E-state index in [1.54, 1.807) is 0 Å².